The van der Waals surface area contributed by atoms with E-state index in [0.29, 0.717) is 10.9 Å². The van der Waals surface area contributed by atoms with Crippen LogP contribution < -0.4 is 10.0 Å². The fourth-order valence-corrected chi connectivity index (χ4v) is 2.58. The number of amidine groups is 1. The van der Waals surface area contributed by atoms with Crippen LogP contribution in [0.5, 0.6) is 0 Å². The maximum atomic E-state index is 11.8. The van der Waals surface area contributed by atoms with Crippen LogP contribution >= 0.6 is 11.8 Å². The summed E-state index contributed by atoms with van der Waals surface area (Å²) in [6.07, 6.45) is 5.03. The predicted molar refractivity (Wildman–Crippen MR) is 81.2 cm³/mol. The lowest BCUT2D eigenvalue weighted by Gasteiger charge is -2.05. The third-order valence-corrected chi connectivity index (χ3v) is 4.17. The van der Waals surface area contributed by atoms with Gasteiger partial charge in [0.05, 0.1) is 10.6 Å². The summed E-state index contributed by atoms with van der Waals surface area (Å²) in [6.45, 7) is 3.62. The number of hydrogen-bond acceptors (Lipinski definition) is 5. The van der Waals surface area contributed by atoms with E-state index in [9.17, 15) is 8.42 Å². The first-order valence-corrected chi connectivity index (χ1v) is 8.22. The van der Waals surface area contributed by atoms with Gasteiger partial charge in [-0.1, -0.05) is 17.8 Å². The Kier molecular flexibility index (Phi) is 6.24. The normalized spacial score (nSPS) is 11.7. The van der Waals surface area contributed by atoms with Gasteiger partial charge in [-0.2, -0.15) is 5.26 Å². The fourth-order valence-electron chi connectivity index (χ4n) is 1.24. The minimum absolute atomic E-state index is 0.150. The Morgan fingerprint density at radius 3 is 2.65 bits per heavy atom. The zero-order valence-electron chi connectivity index (χ0n) is 10.8. The van der Waals surface area contributed by atoms with Crippen molar-refractivity contribution >= 4 is 32.6 Å². The Morgan fingerprint density at radius 1 is 1.50 bits per heavy atom. The molecule has 0 bridgehead atoms. The van der Waals surface area contributed by atoms with E-state index in [4.69, 9.17) is 5.26 Å². The SMILES string of the molecule is C=CCNS(=O)(=O)c1ccc(N=C(NC#N)SC)cc1. The van der Waals surface area contributed by atoms with Gasteiger partial charge in [0, 0.05) is 6.54 Å². The Balaban J connectivity index is 2.94. The van der Waals surface area contributed by atoms with Crippen molar-refractivity contribution in [1.82, 2.24) is 10.0 Å². The van der Waals surface area contributed by atoms with Crippen molar-refractivity contribution in [2.75, 3.05) is 12.8 Å². The molecule has 0 saturated heterocycles. The summed E-state index contributed by atoms with van der Waals surface area (Å²) >= 11 is 1.28. The summed E-state index contributed by atoms with van der Waals surface area (Å²) in [7, 11) is -3.53. The van der Waals surface area contributed by atoms with E-state index in [-0.39, 0.29) is 11.4 Å². The lowest BCUT2D eigenvalue weighted by atomic mass is 10.3. The van der Waals surface area contributed by atoms with E-state index in [1.807, 2.05) is 0 Å². The zero-order valence-corrected chi connectivity index (χ0v) is 12.5. The Morgan fingerprint density at radius 2 is 2.15 bits per heavy atom. The minimum Gasteiger partial charge on any atom is -0.271 e. The second-order valence-electron chi connectivity index (χ2n) is 3.49. The molecule has 6 nitrogen and oxygen atoms in total. The van der Waals surface area contributed by atoms with Crippen LogP contribution in [0.3, 0.4) is 0 Å². The number of aliphatic imine (C=N–C) groups is 1. The maximum Gasteiger partial charge on any atom is 0.240 e. The van der Waals surface area contributed by atoms with Crippen molar-refractivity contribution in [3.05, 3.63) is 36.9 Å². The van der Waals surface area contributed by atoms with Crippen LogP contribution in [0.4, 0.5) is 5.69 Å². The van der Waals surface area contributed by atoms with Crippen LogP contribution in [0.2, 0.25) is 0 Å². The molecule has 1 rings (SSSR count). The number of nitrogens with one attached hydrogen (secondary N) is 2. The number of hydrogen-bond donors (Lipinski definition) is 2. The Bertz CT molecular complexity index is 630. The van der Waals surface area contributed by atoms with Gasteiger partial charge in [0.15, 0.2) is 11.4 Å². The highest BCUT2D eigenvalue weighted by atomic mass is 32.2. The van der Waals surface area contributed by atoms with Crippen LogP contribution in [0.25, 0.3) is 0 Å². The standard InChI is InChI=1S/C12H14N4O2S2/c1-3-8-15-20(17,18)11-6-4-10(5-7-11)16-12(19-2)14-9-13/h3-7,15H,1,8H2,2H3,(H,14,16). The van der Waals surface area contributed by atoms with Crippen molar-refractivity contribution < 1.29 is 8.42 Å². The van der Waals surface area contributed by atoms with Crippen molar-refractivity contribution in [1.29, 1.82) is 5.26 Å². The van der Waals surface area contributed by atoms with E-state index in [0.717, 1.165) is 0 Å². The summed E-state index contributed by atoms with van der Waals surface area (Å²) in [5, 5.41) is 11.4. The molecule has 0 aromatic heterocycles. The monoisotopic (exact) mass is 310 g/mol. The molecule has 2 N–H and O–H groups in total. The quantitative estimate of drug-likeness (QED) is 0.283. The average Bonchev–Trinajstić information content (AvgIpc) is 2.45. The summed E-state index contributed by atoms with van der Waals surface area (Å²) in [5.74, 6) is 0. The van der Waals surface area contributed by atoms with Crippen molar-refractivity contribution in [3.63, 3.8) is 0 Å². The number of benzene rings is 1. The number of thioether (sulfide) groups is 1. The van der Waals surface area contributed by atoms with Gasteiger partial charge in [-0.15, -0.1) is 6.58 Å². The second kappa shape index (κ2) is 7.69. The summed E-state index contributed by atoms with van der Waals surface area (Å²) in [5.41, 5.74) is 0.555. The molecule has 0 heterocycles. The molecule has 106 valence electrons. The van der Waals surface area contributed by atoms with E-state index in [1.165, 1.54) is 30.0 Å². The van der Waals surface area contributed by atoms with E-state index in [1.54, 1.807) is 24.6 Å². The van der Waals surface area contributed by atoms with Gasteiger partial charge in [0.2, 0.25) is 10.0 Å². The minimum atomic E-state index is -3.53. The number of nitrogens with zero attached hydrogens (tertiary/aromatic N) is 2. The van der Waals surface area contributed by atoms with Gasteiger partial charge in [0.1, 0.15) is 0 Å². The highest BCUT2D eigenvalue weighted by Gasteiger charge is 2.12. The molecule has 0 aliphatic heterocycles. The smallest absolute Gasteiger partial charge is 0.240 e. The van der Waals surface area contributed by atoms with Gasteiger partial charge in [-0.25, -0.2) is 18.1 Å². The number of nitriles is 1. The Hall–Kier alpha value is -1.82. The second-order valence-corrected chi connectivity index (χ2v) is 6.05. The molecular formula is C12H14N4O2S2. The highest BCUT2D eigenvalue weighted by molar-refractivity contribution is 8.13. The maximum absolute atomic E-state index is 11.8. The molecule has 0 fully saturated rings. The van der Waals surface area contributed by atoms with Gasteiger partial charge in [-0.05, 0) is 30.5 Å². The summed E-state index contributed by atoms with van der Waals surface area (Å²) < 4.78 is 26.0. The third kappa shape index (κ3) is 4.70. The zero-order chi connectivity index (χ0) is 15.0. The van der Waals surface area contributed by atoms with E-state index in [2.05, 4.69) is 21.6 Å². The van der Waals surface area contributed by atoms with Crippen molar-refractivity contribution in [3.8, 4) is 6.19 Å². The van der Waals surface area contributed by atoms with Crippen molar-refractivity contribution in [2.45, 2.75) is 4.90 Å². The summed E-state index contributed by atoms with van der Waals surface area (Å²) in [4.78, 5) is 4.32. The molecule has 0 aliphatic rings. The van der Waals surface area contributed by atoms with E-state index < -0.39 is 10.0 Å². The van der Waals surface area contributed by atoms with Gasteiger partial charge in [-0.3, -0.25) is 5.32 Å². The van der Waals surface area contributed by atoms with Gasteiger partial charge >= 0.3 is 0 Å². The van der Waals surface area contributed by atoms with Crippen LogP contribution in [-0.4, -0.2) is 26.4 Å². The molecule has 20 heavy (non-hydrogen) atoms. The molecule has 0 atom stereocenters. The molecule has 1 aromatic rings. The topological polar surface area (TPSA) is 94.3 Å². The van der Waals surface area contributed by atoms with Crippen LogP contribution in [-0.2, 0) is 10.0 Å². The molecule has 1 aromatic carbocycles. The van der Waals surface area contributed by atoms with Crippen LogP contribution in [0.15, 0.2) is 46.8 Å². The molecule has 0 amide bonds. The number of rotatable bonds is 5. The lowest BCUT2D eigenvalue weighted by molar-refractivity contribution is 0.585. The first-order chi connectivity index (χ1) is 9.53. The predicted octanol–water partition coefficient (Wildman–Crippen LogP) is 1.57. The molecule has 0 unspecified atom stereocenters. The van der Waals surface area contributed by atoms with Crippen LogP contribution in [0, 0.1) is 11.5 Å². The Labute approximate surface area is 122 Å². The summed E-state index contributed by atoms with van der Waals surface area (Å²) in [6, 6.07) is 6.04. The number of sulfonamides is 1. The first-order valence-electron chi connectivity index (χ1n) is 5.52. The molecule has 8 heteroatoms. The van der Waals surface area contributed by atoms with Gasteiger partial charge < -0.3 is 0 Å². The van der Waals surface area contributed by atoms with Gasteiger partial charge in [0.25, 0.3) is 0 Å². The van der Waals surface area contributed by atoms with Crippen LogP contribution in [0.1, 0.15) is 0 Å². The molecule has 0 saturated carbocycles. The van der Waals surface area contributed by atoms with E-state index >= 15 is 0 Å². The molecular weight excluding hydrogens is 296 g/mol. The molecule has 0 spiro atoms. The average molecular weight is 310 g/mol. The van der Waals surface area contributed by atoms with Crippen molar-refractivity contribution in [2.24, 2.45) is 4.99 Å². The largest absolute Gasteiger partial charge is 0.271 e. The lowest BCUT2D eigenvalue weighted by Crippen LogP contribution is -2.23. The fraction of sp³-hybridized carbons (Fsp3) is 0.167. The third-order valence-electron chi connectivity index (χ3n) is 2.15. The first kappa shape index (κ1) is 16.2. The molecule has 0 radical (unpaired) electrons. The molecule has 0 aliphatic carbocycles. The highest BCUT2D eigenvalue weighted by Crippen LogP contribution is 2.17.